The van der Waals surface area contributed by atoms with E-state index in [9.17, 15) is 9.35 Å². The molecule has 0 bridgehead atoms. The number of amides is 1. The number of fused-ring (bicyclic) bond motifs is 1. The molecule has 1 amide bonds. The van der Waals surface area contributed by atoms with Crippen LogP contribution in [0.25, 0.3) is 23.3 Å². The van der Waals surface area contributed by atoms with Gasteiger partial charge in [-0.15, -0.1) is 0 Å². The molecule has 6 nitrogen and oxygen atoms in total. The van der Waals surface area contributed by atoms with E-state index in [0.717, 1.165) is 59.4 Å². The number of aliphatic imine (C=N–C) groups is 1. The zero-order valence-electron chi connectivity index (χ0n) is 22.8. The molecule has 0 saturated carbocycles. The molecule has 38 heavy (non-hydrogen) atoms. The standard InChI is InChI=1S/C30H38N4O2S2/c1-5-12-34(13-6-2)30(35)27-18-25-9-7-23(19-28(25)32-29(31)20-27)22-8-10-26(21-37)24(17-22)11-14-33(3)15-16-38(4)36/h7-11,14,17-19,21H,5-6,12-13,15-16,20H2,1-4H3,(H2,31,32)/b14-11-. The highest BCUT2D eigenvalue weighted by atomic mass is 32.2. The molecule has 0 fully saturated rings. The van der Waals surface area contributed by atoms with Crippen LogP contribution in [-0.2, 0) is 16.0 Å². The molecule has 0 aromatic heterocycles. The van der Waals surface area contributed by atoms with Gasteiger partial charge in [0.15, 0.2) is 0 Å². The minimum atomic E-state index is -0.827. The molecule has 1 unspecified atom stereocenters. The van der Waals surface area contributed by atoms with Crippen LogP contribution in [0.1, 0.15) is 49.8 Å². The molecule has 2 aromatic carbocycles. The first-order chi connectivity index (χ1) is 18.2. The van der Waals surface area contributed by atoms with Gasteiger partial charge >= 0.3 is 0 Å². The van der Waals surface area contributed by atoms with Crippen LogP contribution in [0.4, 0.5) is 5.69 Å². The highest BCUT2D eigenvalue weighted by molar-refractivity contribution is 7.90. The van der Waals surface area contributed by atoms with Gasteiger partial charge in [-0.3, -0.25) is 4.79 Å². The smallest absolute Gasteiger partial charge is 0.250 e. The maximum absolute atomic E-state index is 13.3. The van der Waals surface area contributed by atoms with E-state index in [1.807, 2.05) is 65.5 Å². The molecule has 1 heterocycles. The summed E-state index contributed by atoms with van der Waals surface area (Å²) in [6.45, 7) is 6.34. The maximum atomic E-state index is 13.3. The average Bonchev–Trinajstić information content (AvgIpc) is 3.07. The minimum absolute atomic E-state index is 0.0334. The fraction of sp³-hybridized carbons (Fsp3) is 0.367. The van der Waals surface area contributed by atoms with E-state index in [0.29, 0.717) is 30.1 Å². The quantitative estimate of drug-likeness (QED) is 0.282. The highest BCUT2D eigenvalue weighted by Gasteiger charge is 2.21. The molecule has 2 N–H and O–H groups in total. The van der Waals surface area contributed by atoms with Gasteiger partial charge in [-0.05, 0) is 65.6 Å². The Bertz CT molecular complexity index is 1230. The van der Waals surface area contributed by atoms with Gasteiger partial charge in [0, 0.05) is 43.1 Å². The van der Waals surface area contributed by atoms with Crippen molar-refractivity contribution in [3.05, 3.63) is 64.9 Å². The van der Waals surface area contributed by atoms with Gasteiger partial charge in [-0.1, -0.05) is 61.5 Å². The number of amidine groups is 1. The predicted octanol–water partition coefficient (Wildman–Crippen LogP) is 5.41. The van der Waals surface area contributed by atoms with Gasteiger partial charge in [0.2, 0.25) is 5.91 Å². The fourth-order valence-electron chi connectivity index (χ4n) is 4.33. The molecule has 1 aliphatic rings. The molecule has 0 spiro atoms. The van der Waals surface area contributed by atoms with Crippen LogP contribution in [0.15, 0.2) is 53.2 Å². The molecular formula is C30H38N4O2S2. The molecule has 0 radical (unpaired) electrons. The summed E-state index contributed by atoms with van der Waals surface area (Å²) < 4.78 is 11.4. The van der Waals surface area contributed by atoms with Gasteiger partial charge in [0.1, 0.15) is 11.6 Å². The molecule has 8 heteroatoms. The van der Waals surface area contributed by atoms with Gasteiger partial charge < -0.3 is 20.1 Å². The topological polar surface area (TPSA) is 85.0 Å². The number of nitrogens with zero attached hydrogens (tertiary/aromatic N) is 3. The van der Waals surface area contributed by atoms with Gasteiger partial charge in [-0.2, -0.15) is 0 Å². The van der Waals surface area contributed by atoms with Crippen molar-refractivity contribution < 1.29 is 9.35 Å². The largest absolute Gasteiger partial charge is 0.617 e. The molecule has 202 valence electrons. The number of nitrogens with two attached hydrogens (primary N) is 1. The summed E-state index contributed by atoms with van der Waals surface area (Å²) >= 11 is 4.41. The second-order valence-corrected chi connectivity index (χ2v) is 11.3. The lowest BCUT2D eigenvalue weighted by molar-refractivity contribution is -0.127. The predicted molar refractivity (Wildman–Crippen MR) is 166 cm³/mol. The summed E-state index contributed by atoms with van der Waals surface area (Å²) in [5.74, 6) is 1.09. The van der Waals surface area contributed by atoms with Crippen molar-refractivity contribution in [1.29, 1.82) is 0 Å². The summed E-state index contributed by atoms with van der Waals surface area (Å²) in [5, 5.41) is 1.68. The van der Waals surface area contributed by atoms with Gasteiger partial charge in [0.05, 0.1) is 18.5 Å². The van der Waals surface area contributed by atoms with Crippen LogP contribution in [0, 0.1) is 0 Å². The monoisotopic (exact) mass is 550 g/mol. The van der Waals surface area contributed by atoms with E-state index < -0.39 is 11.2 Å². The van der Waals surface area contributed by atoms with Crippen LogP contribution < -0.4 is 5.73 Å². The second kappa shape index (κ2) is 14.3. The van der Waals surface area contributed by atoms with E-state index in [1.165, 1.54) is 0 Å². The molecule has 1 aliphatic heterocycles. The second-order valence-electron chi connectivity index (χ2n) is 9.55. The van der Waals surface area contributed by atoms with E-state index >= 15 is 0 Å². The Morgan fingerprint density at radius 2 is 1.79 bits per heavy atom. The molecule has 1 atom stereocenters. The number of hydrogen-bond donors (Lipinski definition) is 1. The van der Waals surface area contributed by atoms with Crippen LogP contribution in [0.3, 0.4) is 0 Å². The first kappa shape index (κ1) is 29.6. The van der Waals surface area contributed by atoms with Crippen molar-refractivity contribution in [1.82, 2.24) is 9.80 Å². The van der Waals surface area contributed by atoms with Crippen LogP contribution in [-0.4, -0.2) is 70.2 Å². The number of hydrogen-bond acceptors (Lipinski definition) is 6. The Hall–Kier alpha value is -2.94. The third-order valence-electron chi connectivity index (χ3n) is 6.33. The summed E-state index contributed by atoms with van der Waals surface area (Å²) in [4.78, 5) is 21.9. The van der Waals surface area contributed by atoms with E-state index in [2.05, 4.69) is 24.9 Å². The summed E-state index contributed by atoms with van der Waals surface area (Å²) in [7, 11) is 1.97. The van der Waals surface area contributed by atoms with Crippen molar-refractivity contribution >= 4 is 58.3 Å². The number of thiocarbonyl (C=S) groups is 1. The van der Waals surface area contributed by atoms with Crippen LogP contribution in [0.5, 0.6) is 0 Å². The van der Waals surface area contributed by atoms with Crippen LogP contribution in [0.2, 0.25) is 0 Å². The van der Waals surface area contributed by atoms with Gasteiger partial charge in [0.25, 0.3) is 0 Å². The molecule has 3 rings (SSSR count). The molecule has 0 saturated heterocycles. The van der Waals surface area contributed by atoms with Crippen LogP contribution >= 0.6 is 12.2 Å². The zero-order chi connectivity index (χ0) is 27.7. The minimum Gasteiger partial charge on any atom is -0.617 e. The average molecular weight is 551 g/mol. The lowest BCUT2D eigenvalue weighted by Crippen LogP contribution is -2.34. The Kier molecular flexibility index (Phi) is 11.1. The third-order valence-corrected chi connectivity index (χ3v) is 7.34. The molecule has 0 aliphatic carbocycles. The lowest BCUT2D eigenvalue weighted by Gasteiger charge is -2.22. The Labute approximate surface area is 235 Å². The fourth-order valence-corrected chi connectivity index (χ4v) is 5.09. The summed E-state index contributed by atoms with van der Waals surface area (Å²) in [6.07, 6.45) is 9.83. The van der Waals surface area contributed by atoms with Crippen molar-refractivity contribution in [2.75, 3.05) is 38.7 Å². The number of carbonyl (C=O) groups is 1. The first-order valence-corrected chi connectivity index (χ1v) is 15.2. The highest BCUT2D eigenvalue weighted by Crippen LogP contribution is 2.33. The summed E-state index contributed by atoms with van der Waals surface area (Å²) in [5.41, 5.74) is 12.6. The van der Waals surface area contributed by atoms with E-state index in [4.69, 9.17) is 18.0 Å². The van der Waals surface area contributed by atoms with Crippen molar-refractivity contribution in [3.63, 3.8) is 0 Å². The van der Waals surface area contributed by atoms with Gasteiger partial charge in [-0.25, -0.2) is 4.99 Å². The van der Waals surface area contributed by atoms with Crippen molar-refractivity contribution in [2.24, 2.45) is 10.7 Å². The Morgan fingerprint density at radius 1 is 1.11 bits per heavy atom. The third kappa shape index (κ3) is 8.03. The van der Waals surface area contributed by atoms with Crippen molar-refractivity contribution in [2.45, 2.75) is 33.1 Å². The van der Waals surface area contributed by atoms with Crippen molar-refractivity contribution in [3.8, 4) is 11.1 Å². The number of benzene rings is 2. The van der Waals surface area contributed by atoms with E-state index in [-0.39, 0.29) is 5.91 Å². The maximum Gasteiger partial charge on any atom is 0.250 e. The Balaban J connectivity index is 1.92. The zero-order valence-corrected chi connectivity index (χ0v) is 24.4. The number of rotatable bonds is 12. The first-order valence-electron chi connectivity index (χ1n) is 13.0. The van der Waals surface area contributed by atoms with E-state index in [1.54, 1.807) is 11.6 Å². The lowest BCUT2D eigenvalue weighted by atomic mass is 9.97. The normalized spacial score (nSPS) is 13.8. The molecular weight excluding hydrogens is 512 g/mol. The SMILES string of the molecule is CCCN(CCC)C(=O)C1=Cc2ccc(-c3ccc(C=S)c(/C=C\N(C)CC[S+](C)[O-])c3)cc2N=C(N)C1. The summed E-state index contributed by atoms with van der Waals surface area (Å²) in [6, 6.07) is 12.2. The molecule has 2 aromatic rings. The Morgan fingerprint density at radius 3 is 2.45 bits per heavy atom. The number of carbonyl (C=O) groups excluding carboxylic acids is 1.